The van der Waals surface area contributed by atoms with Gasteiger partial charge in [-0.15, -0.1) is 11.8 Å². The number of aromatic nitrogens is 1. The van der Waals surface area contributed by atoms with E-state index < -0.39 is 0 Å². The zero-order valence-electron chi connectivity index (χ0n) is 15.5. The summed E-state index contributed by atoms with van der Waals surface area (Å²) in [7, 11) is 0. The van der Waals surface area contributed by atoms with E-state index in [0.717, 1.165) is 26.5 Å². The fourth-order valence-electron chi connectivity index (χ4n) is 3.03. The molecule has 0 fully saturated rings. The molecule has 4 rings (SSSR count). The van der Waals surface area contributed by atoms with Crippen molar-refractivity contribution in [3.05, 3.63) is 90.0 Å². The highest BCUT2D eigenvalue weighted by Gasteiger charge is 2.20. The third-order valence-corrected chi connectivity index (χ3v) is 6.26. The normalized spacial score (nSPS) is 10.9. The van der Waals surface area contributed by atoms with Crippen LogP contribution in [0.25, 0.3) is 10.2 Å². The van der Waals surface area contributed by atoms with Gasteiger partial charge >= 0.3 is 0 Å². The number of rotatable bonds is 6. The topological polar surface area (TPSA) is 33.2 Å². The lowest BCUT2D eigenvalue weighted by Gasteiger charge is -2.20. The average Bonchev–Trinajstić information content (AvgIpc) is 3.16. The molecule has 1 amide bonds. The number of thiazole rings is 1. The van der Waals surface area contributed by atoms with E-state index in [2.05, 4.69) is 18.4 Å². The van der Waals surface area contributed by atoms with Gasteiger partial charge in [0.25, 0.3) is 0 Å². The third kappa shape index (κ3) is 4.26. The highest BCUT2D eigenvalue weighted by molar-refractivity contribution is 7.98. The van der Waals surface area contributed by atoms with Crippen LogP contribution in [0.5, 0.6) is 0 Å². The molecule has 0 spiro atoms. The van der Waals surface area contributed by atoms with Crippen molar-refractivity contribution >= 4 is 44.4 Å². The summed E-state index contributed by atoms with van der Waals surface area (Å²) in [6, 6.07) is 26.2. The molecule has 0 saturated carbocycles. The van der Waals surface area contributed by atoms with Gasteiger partial charge in [-0.2, -0.15) is 0 Å². The summed E-state index contributed by atoms with van der Waals surface area (Å²) in [5, 5.41) is 0.748. The van der Waals surface area contributed by atoms with Crippen LogP contribution in [-0.4, -0.2) is 17.1 Å². The summed E-state index contributed by atoms with van der Waals surface area (Å²) in [5.74, 6) is 0.0548. The first-order valence-electron chi connectivity index (χ1n) is 9.06. The van der Waals surface area contributed by atoms with E-state index in [-0.39, 0.29) is 5.91 Å². The van der Waals surface area contributed by atoms with Crippen molar-refractivity contribution in [3.63, 3.8) is 0 Å². The molecule has 0 aliphatic heterocycles. The standard InChI is InChI=1S/C23H20N2OS2/c1-27-19-12-13-20-21(15-19)28-23(24-20)25(16-18-10-6-3-7-11-18)22(26)14-17-8-4-2-5-9-17/h2-13,15H,14,16H2,1H3. The van der Waals surface area contributed by atoms with Crippen LogP contribution in [0.2, 0.25) is 0 Å². The number of hydrogen-bond donors (Lipinski definition) is 0. The maximum atomic E-state index is 13.2. The second-order valence-electron chi connectivity index (χ2n) is 6.46. The fraction of sp³-hybridized carbons (Fsp3) is 0.130. The van der Waals surface area contributed by atoms with Gasteiger partial charge in [-0.3, -0.25) is 9.69 Å². The van der Waals surface area contributed by atoms with Gasteiger partial charge in [0.2, 0.25) is 5.91 Å². The minimum absolute atomic E-state index is 0.0548. The summed E-state index contributed by atoms with van der Waals surface area (Å²) in [6.45, 7) is 0.516. The zero-order chi connectivity index (χ0) is 19.3. The van der Waals surface area contributed by atoms with Crippen LogP contribution in [0.15, 0.2) is 83.8 Å². The monoisotopic (exact) mass is 404 g/mol. The van der Waals surface area contributed by atoms with Crippen molar-refractivity contribution in [1.29, 1.82) is 0 Å². The lowest BCUT2D eigenvalue weighted by atomic mass is 10.1. The number of thioether (sulfide) groups is 1. The first kappa shape index (κ1) is 18.7. The van der Waals surface area contributed by atoms with Gasteiger partial charge in [-0.05, 0) is 35.6 Å². The van der Waals surface area contributed by atoms with Gasteiger partial charge in [0.05, 0.1) is 23.2 Å². The molecule has 0 saturated heterocycles. The molecular weight excluding hydrogens is 384 g/mol. The van der Waals surface area contributed by atoms with Gasteiger partial charge in [-0.25, -0.2) is 4.98 Å². The third-order valence-electron chi connectivity index (χ3n) is 4.50. The van der Waals surface area contributed by atoms with E-state index in [0.29, 0.717) is 13.0 Å². The van der Waals surface area contributed by atoms with Gasteiger partial charge in [0.15, 0.2) is 5.13 Å². The molecule has 1 aromatic heterocycles. The Kier molecular flexibility index (Phi) is 5.74. The number of hydrogen-bond acceptors (Lipinski definition) is 4. The first-order valence-corrected chi connectivity index (χ1v) is 11.1. The van der Waals surface area contributed by atoms with E-state index in [1.54, 1.807) is 23.1 Å². The molecule has 0 N–H and O–H groups in total. The molecule has 3 aromatic carbocycles. The Labute approximate surface area is 173 Å². The van der Waals surface area contributed by atoms with E-state index in [9.17, 15) is 4.79 Å². The van der Waals surface area contributed by atoms with Crippen molar-refractivity contribution in [1.82, 2.24) is 4.98 Å². The lowest BCUT2D eigenvalue weighted by Crippen LogP contribution is -2.31. The van der Waals surface area contributed by atoms with Crippen LogP contribution in [0, 0.1) is 0 Å². The van der Waals surface area contributed by atoms with Crippen molar-refractivity contribution < 1.29 is 4.79 Å². The maximum Gasteiger partial charge on any atom is 0.233 e. The Bertz CT molecular complexity index is 1080. The molecule has 140 valence electrons. The molecule has 0 radical (unpaired) electrons. The number of anilines is 1. The highest BCUT2D eigenvalue weighted by atomic mass is 32.2. The summed E-state index contributed by atoms with van der Waals surface area (Å²) < 4.78 is 1.10. The maximum absolute atomic E-state index is 13.2. The molecule has 0 bridgehead atoms. The molecule has 3 nitrogen and oxygen atoms in total. The van der Waals surface area contributed by atoms with Gasteiger partial charge < -0.3 is 0 Å². The van der Waals surface area contributed by atoms with E-state index in [1.807, 2.05) is 71.6 Å². The number of fused-ring (bicyclic) bond motifs is 1. The van der Waals surface area contributed by atoms with E-state index in [4.69, 9.17) is 4.98 Å². The van der Waals surface area contributed by atoms with Gasteiger partial charge in [0, 0.05) is 4.90 Å². The SMILES string of the molecule is CSc1ccc2nc(N(Cc3ccccc3)C(=O)Cc3ccccc3)sc2c1. The molecule has 0 aliphatic carbocycles. The van der Waals surface area contributed by atoms with Crippen molar-refractivity contribution in [2.45, 2.75) is 17.9 Å². The summed E-state index contributed by atoms with van der Waals surface area (Å²) in [4.78, 5) is 21.0. The van der Waals surface area contributed by atoms with E-state index >= 15 is 0 Å². The lowest BCUT2D eigenvalue weighted by molar-refractivity contribution is -0.118. The molecule has 0 unspecified atom stereocenters. The second kappa shape index (κ2) is 8.59. The number of amides is 1. The molecule has 1 heterocycles. The van der Waals surface area contributed by atoms with Crippen molar-refractivity contribution in [3.8, 4) is 0 Å². The minimum Gasteiger partial charge on any atom is -0.283 e. The quantitative estimate of drug-likeness (QED) is 0.381. The molecular formula is C23H20N2OS2. The van der Waals surface area contributed by atoms with Crippen molar-refractivity contribution in [2.24, 2.45) is 0 Å². The summed E-state index contributed by atoms with van der Waals surface area (Å²) >= 11 is 3.28. The van der Waals surface area contributed by atoms with Crippen LogP contribution < -0.4 is 4.90 Å². The number of benzene rings is 3. The number of carbonyl (C=O) groups is 1. The van der Waals surface area contributed by atoms with Crippen LogP contribution in [0.4, 0.5) is 5.13 Å². The van der Waals surface area contributed by atoms with Gasteiger partial charge in [-0.1, -0.05) is 72.0 Å². The molecule has 5 heteroatoms. The largest absolute Gasteiger partial charge is 0.283 e. The van der Waals surface area contributed by atoms with Crippen LogP contribution in [-0.2, 0) is 17.8 Å². The Hall–Kier alpha value is -2.63. The summed E-state index contributed by atoms with van der Waals surface area (Å²) in [5.41, 5.74) is 3.03. The smallest absolute Gasteiger partial charge is 0.233 e. The fourth-order valence-corrected chi connectivity index (χ4v) is 4.57. The zero-order valence-corrected chi connectivity index (χ0v) is 17.2. The number of nitrogens with zero attached hydrogens (tertiary/aromatic N) is 2. The Morgan fingerprint density at radius 3 is 2.32 bits per heavy atom. The highest BCUT2D eigenvalue weighted by Crippen LogP contribution is 2.32. The number of carbonyl (C=O) groups excluding carboxylic acids is 1. The van der Waals surface area contributed by atoms with Crippen LogP contribution >= 0.6 is 23.1 Å². The summed E-state index contributed by atoms with van der Waals surface area (Å²) in [6.07, 6.45) is 2.42. The van der Waals surface area contributed by atoms with Crippen molar-refractivity contribution in [2.75, 3.05) is 11.2 Å². The van der Waals surface area contributed by atoms with E-state index in [1.165, 1.54) is 4.90 Å². The average molecular weight is 405 g/mol. The second-order valence-corrected chi connectivity index (χ2v) is 8.35. The van der Waals surface area contributed by atoms with Crippen LogP contribution in [0.3, 0.4) is 0 Å². The predicted octanol–water partition coefficient (Wildman–Crippen LogP) is 5.79. The predicted molar refractivity (Wildman–Crippen MR) is 119 cm³/mol. The molecule has 0 aliphatic rings. The molecule has 4 aromatic rings. The molecule has 28 heavy (non-hydrogen) atoms. The Morgan fingerprint density at radius 2 is 1.64 bits per heavy atom. The van der Waals surface area contributed by atoms with Gasteiger partial charge in [0.1, 0.15) is 0 Å². The molecule has 0 atom stereocenters. The Morgan fingerprint density at radius 1 is 0.964 bits per heavy atom. The minimum atomic E-state index is 0.0548. The Balaban J connectivity index is 1.68. The first-order chi connectivity index (χ1) is 13.7. The van der Waals surface area contributed by atoms with Crippen LogP contribution in [0.1, 0.15) is 11.1 Å².